The Kier molecular flexibility index (Phi) is 2.64. The molecule has 0 saturated heterocycles. The summed E-state index contributed by atoms with van der Waals surface area (Å²) in [6.45, 7) is 1.89. The van der Waals surface area contributed by atoms with E-state index in [1.165, 1.54) is 32.1 Å². The Morgan fingerprint density at radius 1 is 1.08 bits per heavy atom. The number of hydrogen-bond donors (Lipinski definition) is 0. The highest BCUT2D eigenvalue weighted by molar-refractivity contribution is 5.79. The Hall–Kier alpha value is -0.530. The molecule has 0 N–H and O–H groups in total. The van der Waals surface area contributed by atoms with E-state index in [9.17, 15) is 0 Å². The third-order valence-electron chi connectivity index (χ3n) is 2.77. The molecule has 0 amide bonds. The topological polar surface area (TPSA) is 21.6 Å². The molecular formula is C10H17NO. The molecule has 0 aromatic rings. The van der Waals surface area contributed by atoms with Crippen molar-refractivity contribution < 1.29 is 4.74 Å². The summed E-state index contributed by atoms with van der Waals surface area (Å²) in [6.07, 6.45) is 7.86. The molecule has 0 bridgehead atoms. The number of nitrogens with zero attached hydrogens (tertiary/aromatic N) is 1. The first kappa shape index (κ1) is 8.09. The molecule has 68 valence electrons. The first-order chi connectivity index (χ1) is 5.97. The van der Waals surface area contributed by atoms with Crippen molar-refractivity contribution in [3.05, 3.63) is 0 Å². The molecule has 0 unspecified atom stereocenters. The average molecular weight is 167 g/mol. The van der Waals surface area contributed by atoms with E-state index in [0.29, 0.717) is 5.92 Å². The summed E-state index contributed by atoms with van der Waals surface area (Å²) >= 11 is 0. The molecular weight excluding hydrogens is 150 g/mol. The lowest BCUT2D eigenvalue weighted by atomic mass is 9.89. The van der Waals surface area contributed by atoms with Gasteiger partial charge in [0.05, 0.1) is 6.61 Å². The second-order valence-electron chi connectivity index (χ2n) is 3.76. The van der Waals surface area contributed by atoms with Crippen molar-refractivity contribution in [2.24, 2.45) is 10.9 Å². The van der Waals surface area contributed by atoms with Crippen molar-refractivity contribution in [3.8, 4) is 0 Å². The van der Waals surface area contributed by atoms with Crippen LogP contribution in [0.5, 0.6) is 0 Å². The van der Waals surface area contributed by atoms with E-state index < -0.39 is 0 Å². The van der Waals surface area contributed by atoms with E-state index in [4.69, 9.17) is 4.74 Å². The lowest BCUT2D eigenvalue weighted by molar-refractivity contribution is 0.244. The molecule has 0 atom stereocenters. The summed E-state index contributed by atoms with van der Waals surface area (Å²) in [5.41, 5.74) is 0. The summed E-state index contributed by atoms with van der Waals surface area (Å²) in [7, 11) is 0. The molecule has 1 fully saturated rings. The van der Waals surface area contributed by atoms with Gasteiger partial charge in [0.25, 0.3) is 0 Å². The maximum Gasteiger partial charge on any atom is 0.186 e. The summed E-state index contributed by atoms with van der Waals surface area (Å²) in [4.78, 5) is 4.45. The maximum absolute atomic E-state index is 5.57. The summed E-state index contributed by atoms with van der Waals surface area (Å²) in [5.74, 6) is 1.74. The van der Waals surface area contributed by atoms with E-state index in [1.807, 2.05) is 0 Å². The lowest BCUT2D eigenvalue weighted by Gasteiger charge is -2.25. The monoisotopic (exact) mass is 167 g/mol. The summed E-state index contributed by atoms with van der Waals surface area (Å²) in [6, 6.07) is 0. The van der Waals surface area contributed by atoms with Gasteiger partial charge >= 0.3 is 0 Å². The Morgan fingerprint density at radius 2 is 1.92 bits per heavy atom. The van der Waals surface area contributed by atoms with E-state index in [2.05, 4.69) is 4.99 Å². The van der Waals surface area contributed by atoms with E-state index >= 15 is 0 Å². The summed E-state index contributed by atoms with van der Waals surface area (Å²) in [5, 5.41) is 0. The Balaban J connectivity index is 1.92. The van der Waals surface area contributed by atoms with Gasteiger partial charge in [0.2, 0.25) is 0 Å². The molecule has 0 spiro atoms. The standard InChI is InChI=1S/C10H17NO/c1-2-5-9(6-3-1)10-11-7-4-8-12-10/h9H,1-8H2. The van der Waals surface area contributed by atoms with Crippen LogP contribution in [-0.2, 0) is 4.74 Å². The zero-order valence-corrected chi connectivity index (χ0v) is 7.59. The first-order valence-corrected chi connectivity index (χ1v) is 5.14. The highest BCUT2D eigenvalue weighted by Crippen LogP contribution is 2.26. The molecule has 1 aliphatic heterocycles. The van der Waals surface area contributed by atoms with Gasteiger partial charge in [0.15, 0.2) is 5.90 Å². The van der Waals surface area contributed by atoms with Gasteiger partial charge in [-0.2, -0.15) is 0 Å². The SMILES string of the molecule is C1CCC(C2=NCCCO2)CC1. The largest absolute Gasteiger partial charge is 0.481 e. The maximum atomic E-state index is 5.57. The highest BCUT2D eigenvalue weighted by atomic mass is 16.5. The molecule has 1 heterocycles. The predicted molar refractivity (Wildman–Crippen MR) is 49.4 cm³/mol. The quantitative estimate of drug-likeness (QED) is 0.587. The molecule has 2 nitrogen and oxygen atoms in total. The number of aliphatic imine (C=N–C) groups is 1. The van der Waals surface area contributed by atoms with Crippen LogP contribution in [0.25, 0.3) is 0 Å². The van der Waals surface area contributed by atoms with Gasteiger partial charge in [-0.05, 0) is 12.8 Å². The number of rotatable bonds is 1. The second-order valence-corrected chi connectivity index (χ2v) is 3.76. The van der Waals surface area contributed by atoms with Gasteiger partial charge in [0.1, 0.15) is 0 Å². The van der Waals surface area contributed by atoms with Crippen LogP contribution in [0.2, 0.25) is 0 Å². The van der Waals surface area contributed by atoms with Crippen molar-refractivity contribution in [2.45, 2.75) is 38.5 Å². The molecule has 0 radical (unpaired) electrons. The molecule has 1 saturated carbocycles. The van der Waals surface area contributed by atoms with Gasteiger partial charge in [-0.3, -0.25) is 4.99 Å². The Bertz CT molecular complexity index is 171. The third-order valence-corrected chi connectivity index (χ3v) is 2.77. The van der Waals surface area contributed by atoms with Crippen LogP contribution in [0.15, 0.2) is 4.99 Å². The molecule has 2 rings (SSSR count). The van der Waals surface area contributed by atoms with Crippen molar-refractivity contribution >= 4 is 5.90 Å². The van der Waals surface area contributed by atoms with Gasteiger partial charge in [-0.1, -0.05) is 19.3 Å². The van der Waals surface area contributed by atoms with Crippen LogP contribution in [0.1, 0.15) is 38.5 Å². The van der Waals surface area contributed by atoms with Crippen LogP contribution < -0.4 is 0 Å². The zero-order chi connectivity index (χ0) is 8.23. The minimum atomic E-state index is 0.666. The van der Waals surface area contributed by atoms with Crippen molar-refractivity contribution in [3.63, 3.8) is 0 Å². The number of hydrogen-bond acceptors (Lipinski definition) is 2. The molecule has 0 aromatic carbocycles. The Labute approximate surface area is 74.0 Å². The lowest BCUT2D eigenvalue weighted by Crippen LogP contribution is -2.24. The van der Waals surface area contributed by atoms with Crippen LogP contribution in [0.3, 0.4) is 0 Å². The van der Waals surface area contributed by atoms with E-state index in [0.717, 1.165) is 25.5 Å². The fourth-order valence-corrected chi connectivity index (χ4v) is 2.07. The molecule has 1 aliphatic carbocycles. The Morgan fingerprint density at radius 3 is 2.58 bits per heavy atom. The fraction of sp³-hybridized carbons (Fsp3) is 0.900. The smallest absolute Gasteiger partial charge is 0.186 e. The summed E-state index contributed by atoms with van der Waals surface area (Å²) < 4.78 is 5.57. The van der Waals surface area contributed by atoms with Crippen molar-refractivity contribution in [1.82, 2.24) is 0 Å². The van der Waals surface area contributed by atoms with Gasteiger partial charge in [-0.15, -0.1) is 0 Å². The average Bonchev–Trinajstić information content (AvgIpc) is 2.21. The van der Waals surface area contributed by atoms with E-state index in [1.54, 1.807) is 0 Å². The highest BCUT2D eigenvalue weighted by Gasteiger charge is 2.21. The number of ether oxygens (including phenoxy) is 1. The minimum absolute atomic E-state index is 0.666. The van der Waals surface area contributed by atoms with E-state index in [-0.39, 0.29) is 0 Å². The predicted octanol–water partition coefficient (Wildman–Crippen LogP) is 2.39. The molecule has 12 heavy (non-hydrogen) atoms. The second kappa shape index (κ2) is 3.92. The zero-order valence-electron chi connectivity index (χ0n) is 7.59. The third kappa shape index (κ3) is 1.79. The van der Waals surface area contributed by atoms with Gasteiger partial charge in [-0.25, -0.2) is 0 Å². The molecule has 0 aromatic heterocycles. The fourth-order valence-electron chi connectivity index (χ4n) is 2.07. The van der Waals surface area contributed by atoms with Crippen molar-refractivity contribution in [1.29, 1.82) is 0 Å². The molecule has 2 heteroatoms. The molecule has 2 aliphatic rings. The van der Waals surface area contributed by atoms with Crippen LogP contribution in [0, 0.1) is 5.92 Å². The van der Waals surface area contributed by atoms with Crippen LogP contribution in [0.4, 0.5) is 0 Å². The van der Waals surface area contributed by atoms with Crippen molar-refractivity contribution in [2.75, 3.05) is 13.2 Å². The van der Waals surface area contributed by atoms with Gasteiger partial charge < -0.3 is 4.74 Å². The normalized spacial score (nSPS) is 26.2. The van der Waals surface area contributed by atoms with Crippen LogP contribution >= 0.6 is 0 Å². The van der Waals surface area contributed by atoms with Crippen LogP contribution in [-0.4, -0.2) is 19.0 Å². The van der Waals surface area contributed by atoms with Gasteiger partial charge in [0, 0.05) is 18.9 Å². The minimum Gasteiger partial charge on any atom is -0.481 e. The first-order valence-electron chi connectivity index (χ1n) is 5.14.